The lowest BCUT2D eigenvalue weighted by molar-refractivity contribution is -0.133. The monoisotopic (exact) mass is 408 g/mol. The first kappa shape index (κ1) is 19.5. The van der Waals surface area contributed by atoms with Gasteiger partial charge >= 0.3 is 11.7 Å². The number of aliphatic hydroxyl groups excluding tert-OH is 1. The van der Waals surface area contributed by atoms with E-state index in [0.29, 0.717) is 5.56 Å². The number of methoxy groups -OCH3 is 1. The SMILES string of the molecule is COC(=O)C(=[N+]=O)[C@@H](c1ccc(Br)cc1)[C@@H](O)COS(C)(=O)=O. The fourth-order valence-electron chi connectivity index (χ4n) is 1.85. The van der Waals surface area contributed by atoms with E-state index in [1.54, 1.807) is 24.3 Å². The van der Waals surface area contributed by atoms with E-state index in [4.69, 9.17) is 0 Å². The van der Waals surface area contributed by atoms with Crippen molar-refractivity contribution in [3.05, 3.63) is 39.2 Å². The molecule has 0 radical (unpaired) electrons. The van der Waals surface area contributed by atoms with Crippen molar-refractivity contribution < 1.29 is 27.2 Å². The molecular weight excluding hydrogens is 394 g/mol. The van der Waals surface area contributed by atoms with E-state index in [9.17, 15) is 23.2 Å². The first-order valence-electron chi connectivity index (χ1n) is 6.26. The maximum Gasteiger partial charge on any atom is 0.466 e. The number of carbonyl (C=O) groups is 1. The van der Waals surface area contributed by atoms with Crippen molar-refractivity contribution in [2.45, 2.75) is 12.0 Å². The summed E-state index contributed by atoms with van der Waals surface area (Å²) in [4.78, 5) is 25.4. The first-order chi connectivity index (χ1) is 10.7. The fraction of sp³-hybridized carbons (Fsp3) is 0.385. The Kier molecular flexibility index (Phi) is 7.04. The highest BCUT2D eigenvalue weighted by atomic mass is 79.9. The number of nitroso groups, excluding NO2 is 1. The Bertz CT molecular complexity index is 710. The number of esters is 1. The molecule has 2 atom stereocenters. The lowest BCUT2D eigenvalue weighted by atomic mass is 9.89. The van der Waals surface area contributed by atoms with Gasteiger partial charge in [0.15, 0.2) is 4.91 Å². The lowest BCUT2D eigenvalue weighted by Gasteiger charge is -2.17. The molecule has 1 aromatic rings. The third kappa shape index (κ3) is 5.85. The zero-order valence-electron chi connectivity index (χ0n) is 12.3. The van der Waals surface area contributed by atoms with Gasteiger partial charge in [-0.2, -0.15) is 8.42 Å². The molecule has 126 valence electrons. The van der Waals surface area contributed by atoms with Gasteiger partial charge in [-0.25, -0.2) is 4.79 Å². The molecule has 0 aliphatic heterocycles. The summed E-state index contributed by atoms with van der Waals surface area (Å²) < 4.78 is 31.8. The topological polar surface area (TPSA) is 121 Å². The molecule has 0 unspecified atom stereocenters. The number of rotatable bonds is 7. The molecule has 0 saturated carbocycles. The zero-order chi connectivity index (χ0) is 17.6. The van der Waals surface area contributed by atoms with Crippen LogP contribution in [0.1, 0.15) is 11.5 Å². The van der Waals surface area contributed by atoms with Crippen LogP contribution in [0, 0.1) is 4.91 Å². The van der Waals surface area contributed by atoms with Gasteiger partial charge < -0.3 is 9.84 Å². The smallest absolute Gasteiger partial charge is 0.460 e. The Morgan fingerprint density at radius 3 is 2.35 bits per heavy atom. The highest BCUT2D eigenvalue weighted by molar-refractivity contribution is 9.10. The third-order valence-electron chi connectivity index (χ3n) is 2.85. The number of benzene rings is 1. The standard InChI is InChI=1S/C13H15BrNO7S/c1-21-13(17)12(15-18)11(8-3-5-9(14)6-4-8)10(16)7-22-23(2,19)20/h3-6,10-11,16H,7H2,1-2H3/q+1/t10-,11-/m0/s1. The Hall–Kier alpha value is -1.58. The first-order valence-corrected chi connectivity index (χ1v) is 8.87. The van der Waals surface area contributed by atoms with Gasteiger partial charge in [-0.1, -0.05) is 28.1 Å². The maximum atomic E-state index is 11.7. The Labute approximate surface area is 141 Å². The van der Waals surface area contributed by atoms with Gasteiger partial charge in [-0.3, -0.25) is 4.18 Å². The van der Waals surface area contributed by atoms with Crippen LogP contribution in [0.2, 0.25) is 0 Å². The Morgan fingerprint density at radius 2 is 1.91 bits per heavy atom. The molecule has 0 aliphatic carbocycles. The molecule has 0 amide bonds. The van der Waals surface area contributed by atoms with Crippen LogP contribution >= 0.6 is 15.9 Å². The minimum absolute atomic E-state index is 0.373. The van der Waals surface area contributed by atoms with E-state index >= 15 is 0 Å². The van der Waals surface area contributed by atoms with E-state index in [0.717, 1.165) is 17.8 Å². The van der Waals surface area contributed by atoms with Crippen LogP contribution in [0.25, 0.3) is 0 Å². The average Bonchev–Trinajstić information content (AvgIpc) is 2.50. The second kappa shape index (κ2) is 8.32. The highest BCUT2D eigenvalue weighted by Gasteiger charge is 2.42. The van der Waals surface area contributed by atoms with Gasteiger partial charge in [0.25, 0.3) is 10.1 Å². The number of hydrogen-bond acceptors (Lipinski definition) is 7. The molecule has 10 heteroatoms. The molecule has 1 N–H and O–H groups in total. The van der Waals surface area contributed by atoms with Crippen LogP contribution in [0.15, 0.2) is 28.7 Å². The summed E-state index contributed by atoms with van der Waals surface area (Å²) in [5.41, 5.74) is -0.211. The predicted octanol–water partition coefficient (Wildman–Crippen LogP) is 0.317. The fourth-order valence-corrected chi connectivity index (χ4v) is 2.50. The number of halogens is 1. The second-order valence-electron chi connectivity index (χ2n) is 4.55. The second-order valence-corrected chi connectivity index (χ2v) is 7.11. The van der Waals surface area contributed by atoms with Gasteiger partial charge in [0.05, 0.1) is 26.1 Å². The Morgan fingerprint density at radius 1 is 1.35 bits per heavy atom. The maximum absolute atomic E-state index is 11.7. The van der Waals surface area contributed by atoms with Crippen molar-refractivity contribution in [3.8, 4) is 0 Å². The Balaban J connectivity index is 3.22. The summed E-state index contributed by atoms with van der Waals surface area (Å²) in [6, 6.07) is 6.36. The number of nitrogens with zero attached hydrogens (tertiary/aromatic N) is 1. The third-order valence-corrected chi connectivity index (χ3v) is 3.95. The number of ether oxygens (including phenoxy) is 1. The number of carbonyl (C=O) groups excluding carboxylic acids is 1. The van der Waals surface area contributed by atoms with Crippen molar-refractivity contribution >= 4 is 37.7 Å². The molecule has 0 spiro atoms. The van der Waals surface area contributed by atoms with Gasteiger partial charge in [0.2, 0.25) is 4.85 Å². The van der Waals surface area contributed by atoms with Gasteiger partial charge in [0.1, 0.15) is 5.92 Å². The minimum Gasteiger partial charge on any atom is -0.460 e. The van der Waals surface area contributed by atoms with E-state index in [1.165, 1.54) is 0 Å². The normalized spacial score (nSPS) is 13.7. The molecule has 0 fully saturated rings. The molecule has 0 aromatic heterocycles. The van der Waals surface area contributed by atoms with Crippen molar-refractivity contribution in [3.63, 3.8) is 0 Å². The summed E-state index contributed by atoms with van der Waals surface area (Å²) in [5.74, 6) is -2.22. The number of hydrogen-bond donors (Lipinski definition) is 1. The van der Waals surface area contributed by atoms with Crippen molar-refractivity contribution in [2.75, 3.05) is 20.0 Å². The molecule has 0 saturated heterocycles. The lowest BCUT2D eigenvalue weighted by Crippen LogP contribution is -2.36. The van der Waals surface area contributed by atoms with Crippen molar-refractivity contribution in [1.82, 2.24) is 4.85 Å². The summed E-state index contributed by atoms with van der Waals surface area (Å²) in [6.45, 7) is -0.643. The molecule has 8 nitrogen and oxygen atoms in total. The van der Waals surface area contributed by atoms with Crippen molar-refractivity contribution in [2.24, 2.45) is 0 Å². The van der Waals surface area contributed by atoms with E-state index < -0.39 is 40.4 Å². The summed E-state index contributed by atoms with van der Waals surface area (Å²) in [7, 11) is -2.74. The highest BCUT2D eigenvalue weighted by Crippen LogP contribution is 2.24. The van der Waals surface area contributed by atoms with E-state index in [-0.39, 0.29) is 0 Å². The van der Waals surface area contributed by atoms with Crippen LogP contribution in [0.3, 0.4) is 0 Å². The van der Waals surface area contributed by atoms with E-state index in [2.05, 4.69) is 29.7 Å². The molecule has 0 heterocycles. The molecule has 1 rings (SSSR count). The van der Waals surface area contributed by atoms with Gasteiger partial charge in [-0.15, -0.1) is 0 Å². The van der Waals surface area contributed by atoms with Crippen LogP contribution in [0.5, 0.6) is 0 Å². The summed E-state index contributed by atoms with van der Waals surface area (Å²) in [5, 5.41) is 10.2. The summed E-state index contributed by atoms with van der Waals surface area (Å²) >= 11 is 3.24. The van der Waals surface area contributed by atoms with Crippen molar-refractivity contribution in [1.29, 1.82) is 0 Å². The van der Waals surface area contributed by atoms with Gasteiger partial charge in [0, 0.05) is 4.47 Å². The largest absolute Gasteiger partial charge is 0.466 e. The molecule has 0 bridgehead atoms. The number of aliphatic hydroxyl groups is 1. The zero-order valence-corrected chi connectivity index (χ0v) is 14.7. The molecule has 0 aliphatic rings. The predicted molar refractivity (Wildman–Crippen MR) is 86.2 cm³/mol. The van der Waals surface area contributed by atoms with Crippen LogP contribution < -0.4 is 4.85 Å². The van der Waals surface area contributed by atoms with Crippen LogP contribution in [0.4, 0.5) is 0 Å². The quantitative estimate of drug-likeness (QED) is 0.298. The van der Waals surface area contributed by atoms with Crippen LogP contribution in [-0.4, -0.2) is 51.3 Å². The minimum atomic E-state index is -3.80. The van der Waals surface area contributed by atoms with Crippen LogP contribution in [-0.2, 0) is 23.8 Å². The molecule has 1 aromatic carbocycles. The average molecular weight is 409 g/mol. The summed E-state index contributed by atoms with van der Waals surface area (Å²) in [6.07, 6.45) is -0.685. The molecular formula is C13H15BrNO7S+. The van der Waals surface area contributed by atoms with Gasteiger partial charge in [-0.05, 0) is 17.7 Å². The molecule has 23 heavy (non-hydrogen) atoms. The van der Waals surface area contributed by atoms with E-state index in [1.807, 2.05) is 0 Å².